The van der Waals surface area contributed by atoms with Crippen LogP contribution in [0.3, 0.4) is 0 Å². The number of hydrogen-bond acceptors (Lipinski definition) is 4. The highest BCUT2D eigenvalue weighted by atomic mass is 28.3. The maximum Gasteiger partial charge on any atom is 0.339 e. The number of fused-ring (bicyclic) bond motifs is 5. The molecule has 0 bridgehead atoms. The van der Waals surface area contributed by atoms with E-state index in [9.17, 15) is 4.79 Å². The summed E-state index contributed by atoms with van der Waals surface area (Å²) in [6.45, 7) is 19.2. The first-order chi connectivity index (χ1) is 22.0. The third-order valence-electron chi connectivity index (χ3n) is 13.1. The van der Waals surface area contributed by atoms with Crippen molar-refractivity contribution in [1.29, 1.82) is 0 Å². The average Bonchev–Trinajstić information content (AvgIpc) is 3.39. The second kappa shape index (κ2) is 15.3. The largest absolute Gasteiger partial charge is 0.493 e. The van der Waals surface area contributed by atoms with E-state index >= 15 is 0 Å². The Morgan fingerprint density at radius 2 is 1.89 bits per heavy atom. The minimum Gasteiger partial charge on any atom is -0.493 e. The van der Waals surface area contributed by atoms with Gasteiger partial charge in [0.05, 0.1) is 12.2 Å². The van der Waals surface area contributed by atoms with Crippen LogP contribution >= 0.6 is 0 Å². The Bertz CT molecular complexity index is 1240. The van der Waals surface area contributed by atoms with E-state index in [0.717, 1.165) is 66.9 Å². The zero-order valence-electron chi connectivity index (χ0n) is 29.7. The monoisotopic (exact) mass is 660 g/mol. The van der Waals surface area contributed by atoms with E-state index in [0.29, 0.717) is 29.3 Å². The fourth-order valence-electron chi connectivity index (χ4n) is 10.7. The highest BCUT2D eigenvalue weighted by Gasteiger charge is 2.59. The van der Waals surface area contributed by atoms with E-state index in [4.69, 9.17) is 13.6 Å². The number of benzene rings is 1. The van der Waals surface area contributed by atoms with Gasteiger partial charge in [-0.2, -0.15) is 0 Å². The van der Waals surface area contributed by atoms with Gasteiger partial charge in [0.25, 0.3) is 0 Å². The van der Waals surface area contributed by atoms with Crippen molar-refractivity contribution in [2.75, 3.05) is 6.61 Å². The molecule has 0 heterocycles. The Hall–Kier alpha value is -1.64. The molecule has 0 spiro atoms. The number of esters is 1. The number of carbonyl (C=O) groups excluding carboxylic acids is 1. The van der Waals surface area contributed by atoms with E-state index in [1.54, 1.807) is 6.08 Å². The molecule has 0 amide bonds. The van der Waals surface area contributed by atoms with Gasteiger partial charge in [-0.25, -0.2) is 4.79 Å². The Labute approximate surface area is 285 Å². The van der Waals surface area contributed by atoms with Crippen LogP contribution in [0.15, 0.2) is 36.4 Å². The number of allylic oxidation sites excluding steroid dienone is 1. The molecule has 0 N–H and O–H groups in total. The Balaban J connectivity index is 1.28. The summed E-state index contributed by atoms with van der Waals surface area (Å²) in [5, 5.41) is 0. The minimum absolute atomic E-state index is 0.124. The van der Waals surface area contributed by atoms with Gasteiger partial charge in [-0.1, -0.05) is 78.7 Å². The topological polar surface area (TPSA) is 44.8 Å². The Morgan fingerprint density at radius 1 is 1.09 bits per heavy atom. The zero-order valence-corrected chi connectivity index (χ0v) is 31.7. The maximum atomic E-state index is 13.8. The summed E-state index contributed by atoms with van der Waals surface area (Å²) in [6, 6.07) is 6.65. The van der Waals surface area contributed by atoms with Crippen LogP contribution in [0.25, 0.3) is 6.08 Å². The number of carbonyl (C=O) groups is 1. The van der Waals surface area contributed by atoms with E-state index in [2.05, 4.69) is 64.3 Å². The van der Waals surface area contributed by atoms with Gasteiger partial charge in [-0.05, 0) is 134 Å². The molecule has 1 aromatic rings. The quantitative estimate of drug-likeness (QED) is 0.0862. The van der Waals surface area contributed by atoms with E-state index < -0.39 is 9.04 Å². The summed E-state index contributed by atoms with van der Waals surface area (Å²) in [5.74, 6) is 5.24. The van der Waals surface area contributed by atoms with E-state index in [1.165, 1.54) is 56.9 Å². The summed E-state index contributed by atoms with van der Waals surface area (Å²) >= 11 is 0. The molecule has 4 nitrogen and oxygen atoms in total. The zero-order chi connectivity index (χ0) is 33.1. The molecule has 0 saturated heterocycles. The third-order valence-corrected chi connectivity index (χ3v) is 15.5. The normalized spacial score (nSPS) is 32.7. The number of ether oxygens (including phenoxy) is 2. The molecule has 5 rings (SSSR count). The van der Waals surface area contributed by atoms with Crippen LogP contribution in [0.1, 0.15) is 128 Å². The lowest BCUT2D eigenvalue weighted by Crippen LogP contribution is -2.52. The van der Waals surface area contributed by atoms with Crippen LogP contribution in [0.2, 0.25) is 12.6 Å². The molecule has 3 fully saturated rings. The Kier molecular flexibility index (Phi) is 11.8. The summed E-state index contributed by atoms with van der Waals surface area (Å²) in [4.78, 5) is 13.8. The van der Waals surface area contributed by atoms with Crippen LogP contribution in [0, 0.1) is 46.3 Å². The van der Waals surface area contributed by atoms with Gasteiger partial charge < -0.3 is 13.6 Å². The van der Waals surface area contributed by atoms with Crippen molar-refractivity contribution < 1.29 is 18.4 Å². The molecular formula is C40H60O4Si2. The van der Waals surface area contributed by atoms with Crippen molar-refractivity contribution in [2.45, 2.75) is 130 Å². The summed E-state index contributed by atoms with van der Waals surface area (Å²) in [6.07, 6.45) is 19.1. The maximum absolute atomic E-state index is 13.8. The molecule has 1 aromatic carbocycles. The summed E-state index contributed by atoms with van der Waals surface area (Å²) in [5.41, 5.74) is 3.29. The predicted octanol–water partition coefficient (Wildman–Crippen LogP) is 10.4. The lowest BCUT2D eigenvalue weighted by molar-refractivity contribution is -0.0613. The first-order valence-electron chi connectivity index (χ1n) is 18.5. The molecule has 4 aliphatic rings. The highest BCUT2D eigenvalue weighted by molar-refractivity contribution is 6.54. The standard InChI is InChI=1S/C40H60O4Si2/c1-8-29-30(15-10-16-36(29)42-25-12-26-46(7)44-45)38(41)43-37-17-11-23-39(5)34-22-24-40(6)32(28(4)14-9-13-27(2)3)20-21-33(40)31(34)18-19-35(37)39/h8,10,15-16,19,27-28,31-34,37H,1,9,11-14,17-18,20-26H2,2-7H3/t28-,31?,32-,33?,34?,37?,39-,40-/m1/s1. The van der Waals surface area contributed by atoms with Crippen molar-refractivity contribution in [2.24, 2.45) is 46.3 Å². The summed E-state index contributed by atoms with van der Waals surface area (Å²) < 4.78 is 17.8. The van der Waals surface area contributed by atoms with Gasteiger partial charge in [0, 0.05) is 5.56 Å². The smallest absolute Gasteiger partial charge is 0.339 e. The van der Waals surface area contributed by atoms with Crippen molar-refractivity contribution in [3.05, 3.63) is 47.6 Å². The van der Waals surface area contributed by atoms with Crippen molar-refractivity contribution in [1.82, 2.24) is 0 Å². The van der Waals surface area contributed by atoms with Crippen LogP contribution in [0.5, 0.6) is 5.75 Å². The van der Waals surface area contributed by atoms with Gasteiger partial charge >= 0.3 is 5.97 Å². The second-order valence-electron chi connectivity index (χ2n) is 16.2. The van der Waals surface area contributed by atoms with Gasteiger partial charge in [0.1, 0.15) is 11.9 Å². The second-order valence-corrected chi connectivity index (χ2v) is 18.9. The molecular weight excluding hydrogens is 601 g/mol. The average molecular weight is 661 g/mol. The minimum atomic E-state index is -0.843. The molecule has 4 unspecified atom stereocenters. The van der Waals surface area contributed by atoms with E-state index in [-0.39, 0.29) is 17.5 Å². The fourth-order valence-corrected chi connectivity index (χ4v) is 11.8. The fraction of sp³-hybridized carbons (Fsp3) is 0.725. The molecule has 4 radical (unpaired) electrons. The van der Waals surface area contributed by atoms with Crippen LogP contribution in [-0.4, -0.2) is 38.2 Å². The SMILES string of the molecule is C=Cc1c(OCCC[Si](C)O[Si])cccc1C(=O)OC1CCC[C@@]2(C)C1=CCC1C2CC[C@@]2(C)C1CC[C@@H]2[C@H](C)CCCC(C)C. The van der Waals surface area contributed by atoms with E-state index in [1.807, 2.05) is 18.2 Å². The lowest BCUT2D eigenvalue weighted by atomic mass is 9.46. The number of rotatable bonds is 14. The third kappa shape index (κ3) is 7.20. The van der Waals surface area contributed by atoms with Crippen LogP contribution in [-0.2, 0) is 8.85 Å². The van der Waals surface area contributed by atoms with Crippen LogP contribution in [0.4, 0.5) is 0 Å². The van der Waals surface area contributed by atoms with Gasteiger partial charge in [-0.15, -0.1) is 0 Å². The highest BCUT2D eigenvalue weighted by Crippen LogP contribution is 2.67. The molecule has 46 heavy (non-hydrogen) atoms. The number of hydrogen-bond donors (Lipinski definition) is 0. The van der Waals surface area contributed by atoms with Crippen molar-refractivity contribution in [3.8, 4) is 5.75 Å². The van der Waals surface area contributed by atoms with Gasteiger partial charge in [0.2, 0.25) is 10.5 Å². The van der Waals surface area contributed by atoms with Crippen LogP contribution < -0.4 is 4.74 Å². The molecule has 252 valence electrons. The predicted molar refractivity (Wildman–Crippen MR) is 192 cm³/mol. The Morgan fingerprint density at radius 3 is 2.63 bits per heavy atom. The summed E-state index contributed by atoms with van der Waals surface area (Å²) in [7, 11) is 2.31. The molecule has 8 atom stereocenters. The molecule has 6 heteroatoms. The van der Waals surface area contributed by atoms with Crippen molar-refractivity contribution >= 4 is 31.6 Å². The molecule has 0 aliphatic heterocycles. The molecule has 4 aliphatic carbocycles. The molecule has 3 saturated carbocycles. The molecule has 0 aromatic heterocycles. The first kappa shape index (κ1) is 35.7. The van der Waals surface area contributed by atoms with Gasteiger partial charge in [-0.3, -0.25) is 0 Å². The van der Waals surface area contributed by atoms with Gasteiger partial charge in [0.15, 0.2) is 9.04 Å². The van der Waals surface area contributed by atoms with Crippen molar-refractivity contribution in [3.63, 3.8) is 0 Å². The first-order valence-corrected chi connectivity index (χ1v) is 21.0. The lowest BCUT2D eigenvalue weighted by Gasteiger charge is -2.58.